The maximum atomic E-state index is 12.0. The molecule has 0 atom stereocenters. The van der Waals surface area contributed by atoms with E-state index in [1.54, 1.807) is 35.7 Å². The summed E-state index contributed by atoms with van der Waals surface area (Å²) in [6.07, 6.45) is 0. The first kappa shape index (κ1) is 15.7. The molecule has 3 aromatic rings. The Labute approximate surface area is 143 Å². The van der Waals surface area contributed by atoms with Crippen molar-refractivity contribution < 1.29 is 9.90 Å². The molecule has 118 valence electrons. The molecular formula is C17H14Cl2N2O2. The number of rotatable bonds is 3. The van der Waals surface area contributed by atoms with Gasteiger partial charge in [0, 0.05) is 25.2 Å². The fourth-order valence-corrected chi connectivity index (χ4v) is 3.18. The number of aromatic carboxylic acids is 1. The van der Waals surface area contributed by atoms with Gasteiger partial charge in [0.25, 0.3) is 0 Å². The quantitative estimate of drug-likeness (QED) is 0.745. The molecular weight excluding hydrogens is 335 g/mol. The van der Waals surface area contributed by atoms with Gasteiger partial charge in [0.2, 0.25) is 0 Å². The van der Waals surface area contributed by atoms with Gasteiger partial charge in [0.05, 0.1) is 21.2 Å². The molecule has 0 unspecified atom stereocenters. The molecule has 0 aliphatic rings. The number of hydrogen-bond acceptors (Lipinski definition) is 2. The van der Waals surface area contributed by atoms with E-state index in [4.69, 9.17) is 23.2 Å². The van der Waals surface area contributed by atoms with Crippen LogP contribution in [0, 0.1) is 0 Å². The molecule has 0 amide bonds. The number of hydrogen-bond donors (Lipinski definition) is 1. The summed E-state index contributed by atoms with van der Waals surface area (Å²) in [6, 6.07) is 12.8. The van der Waals surface area contributed by atoms with Crippen molar-refractivity contribution in [2.75, 3.05) is 19.0 Å². The van der Waals surface area contributed by atoms with Gasteiger partial charge < -0.3 is 14.6 Å². The van der Waals surface area contributed by atoms with Gasteiger partial charge in [0.1, 0.15) is 0 Å². The van der Waals surface area contributed by atoms with Crippen molar-refractivity contribution >= 4 is 45.8 Å². The number of carbonyl (C=O) groups is 1. The summed E-state index contributed by atoms with van der Waals surface area (Å²) < 4.78 is 1.69. The number of carboxylic acids is 1. The second-order valence-electron chi connectivity index (χ2n) is 5.32. The minimum absolute atomic E-state index is 0.153. The molecule has 0 radical (unpaired) electrons. The lowest BCUT2D eigenvalue weighted by Crippen LogP contribution is -2.15. The van der Waals surface area contributed by atoms with Crippen LogP contribution in [-0.4, -0.2) is 29.7 Å². The first-order valence-corrected chi connectivity index (χ1v) is 7.67. The number of para-hydroxylation sites is 1. The van der Waals surface area contributed by atoms with Crippen LogP contribution < -0.4 is 4.90 Å². The van der Waals surface area contributed by atoms with Crippen LogP contribution in [0.4, 0.5) is 5.69 Å². The topological polar surface area (TPSA) is 45.5 Å². The van der Waals surface area contributed by atoms with Gasteiger partial charge in [-0.25, -0.2) is 4.79 Å². The van der Waals surface area contributed by atoms with Crippen molar-refractivity contribution in [1.82, 2.24) is 4.57 Å². The van der Waals surface area contributed by atoms with Crippen molar-refractivity contribution in [2.24, 2.45) is 0 Å². The Balaban J connectivity index is 2.56. The molecule has 0 spiro atoms. The van der Waals surface area contributed by atoms with E-state index in [1.165, 1.54) is 0 Å². The highest BCUT2D eigenvalue weighted by molar-refractivity contribution is 6.46. The molecule has 1 aromatic heterocycles. The number of halogens is 2. The van der Waals surface area contributed by atoms with Crippen LogP contribution in [0.15, 0.2) is 42.5 Å². The third-order valence-electron chi connectivity index (χ3n) is 3.66. The average molecular weight is 349 g/mol. The number of aromatic nitrogens is 1. The minimum Gasteiger partial charge on any atom is -0.476 e. The Morgan fingerprint density at radius 1 is 1.09 bits per heavy atom. The zero-order valence-electron chi connectivity index (χ0n) is 12.5. The molecule has 6 heteroatoms. The van der Waals surface area contributed by atoms with E-state index < -0.39 is 5.97 Å². The molecule has 0 fully saturated rings. The van der Waals surface area contributed by atoms with Crippen LogP contribution in [-0.2, 0) is 0 Å². The summed E-state index contributed by atoms with van der Waals surface area (Å²) in [6.45, 7) is 0. The highest BCUT2D eigenvalue weighted by Gasteiger charge is 2.27. The van der Waals surface area contributed by atoms with E-state index in [-0.39, 0.29) is 5.69 Å². The van der Waals surface area contributed by atoms with Crippen molar-refractivity contribution in [1.29, 1.82) is 0 Å². The summed E-state index contributed by atoms with van der Waals surface area (Å²) in [7, 11) is 3.57. The van der Waals surface area contributed by atoms with Crippen molar-refractivity contribution in [2.45, 2.75) is 0 Å². The smallest absolute Gasteiger partial charge is 0.355 e. The molecule has 0 saturated carbocycles. The molecule has 0 aliphatic carbocycles. The molecule has 1 N–H and O–H groups in total. The van der Waals surface area contributed by atoms with E-state index in [1.807, 2.05) is 30.3 Å². The number of nitrogens with zero attached hydrogens (tertiary/aromatic N) is 2. The van der Waals surface area contributed by atoms with Gasteiger partial charge >= 0.3 is 5.97 Å². The number of fused-ring (bicyclic) bond motifs is 1. The third-order valence-corrected chi connectivity index (χ3v) is 4.47. The van der Waals surface area contributed by atoms with Gasteiger partial charge in [-0.05, 0) is 24.3 Å². The maximum Gasteiger partial charge on any atom is 0.355 e. The molecule has 0 bridgehead atoms. The Morgan fingerprint density at radius 2 is 1.74 bits per heavy atom. The fraction of sp³-hybridized carbons (Fsp3) is 0.118. The van der Waals surface area contributed by atoms with Crippen LogP contribution in [0.1, 0.15) is 10.5 Å². The molecule has 2 aromatic carbocycles. The van der Waals surface area contributed by atoms with E-state index in [0.717, 1.165) is 5.69 Å². The SMILES string of the molecule is CN(C)c1c(C(=O)O)n(-c2ccccc2)c2ccc(Cl)c(Cl)c12. The highest BCUT2D eigenvalue weighted by atomic mass is 35.5. The molecule has 1 heterocycles. The van der Waals surface area contributed by atoms with Gasteiger partial charge in [0.15, 0.2) is 5.69 Å². The normalized spacial score (nSPS) is 11.0. The first-order valence-electron chi connectivity index (χ1n) is 6.92. The van der Waals surface area contributed by atoms with E-state index in [0.29, 0.717) is 26.6 Å². The Kier molecular flexibility index (Phi) is 3.96. The van der Waals surface area contributed by atoms with Crippen LogP contribution in [0.3, 0.4) is 0 Å². The van der Waals surface area contributed by atoms with Gasteiger partial charge in [-0.2, -0.15) is 0 Å². The lowest BCUT2D eigenvalue weighted by molar-refractivity contribution is 0.0689. The van der Waals surface area contributed by atoms with E-state index in [9.17, 15) is 9.90 Å². The summed E-state index contributed by atoms with van der Waals surface area (Å²) in [5.74, 6) is -1.03. The van der Waals surface area contributed by atoms with Crippen molar-refractivity contribution in [3.8, 4) is 5.69 Å². The largest absolute Gasteiger partial charge is 0.476 e. The fourth-order valence-electron chi connectivity index (χ4n) is 2.77. The number of carboxylic acid groups (broad SMARTS) is 1. The standard InChI is InChI=1S/C17H14Cl2N2O2/c1-20(2)15-13-12(9-8-11(18)14(13)19)21(16(15)17(22)23)10-6-4-3-5-7-10/h3-9H,1-2H3,(H,22,23). The predicted molar refractivity (Wildman–Crippen MR) is 94.6 cm³/mol. The maximum absolute atomic E-state index is 12.0. The lowest BCUT2D eigenvalue weighted by atomic mass is 10.2. The lowest BCUT2D eigenvalue weighted by Gasteiger charge is -2.14. The van der Waals surface area contributed by atoms with Crippen LogP contribution in [0.5, 0.6) is 0 Å². The second-order valence-corrected chi connectivity index (χ2v) is 6.11. The van der Waals surface area contributed by atoms with Crippen LogP contribution in [0.25, 0.3) is 16.6 Å². The van der Waals surface area contributed by atoms with Crippen LogP contribution in [0.2, 0.25) is 10.0 Å². The molecule has 0 saturated heterocycles. The van der Waals surface area contributed by atoms with Gasteiger partial charge in [-0.1, -0.05) is 41.4 Å². The zero-order chi connectivity index (χ0) is 16.7. The first-order chi connectivity index (χ1) is 10.9. The molecule has 4 nitrogen and oxygen atoms in total. The number of benzene rings is 2. The summed E-state index contributed by atoms with van der Waals surface area (Å²) in [5, 5.41) is 11.2. The Morgan fingerprint density at radius 3 is 2.30 bits per heavy atom. The van der Waals surface area contributed by atoms with Gasteiger partial charge in [-0.3, -0.25) is 0 Å². The van der Waals surface area contributed by atoms with Gasteiger partial charge in [-0.15, -0.1) is 0 Å². The highest BCUT2D eigenvalue weighted by Crippen LogP contribution is 2.42. The zero-order valence-corrected chi connectivity index (χ0v) is 14.1. The predicted octanol–water partition coefficient (Wildman–Crippen LogP) is 4.70. The van der Waals surface area contributed by atoms with E-state index in [2.05, 4.69) is 0 Å². The summed E-state index contributed by atoms with van der Waals surface area (Å²) in [4.78, 5) is 13.7. The van der Waals surface area contributed by atoms with E-state index >= 15 is 0 Å². The molecule has 3 rings (SSSR count). The minimum atomic E-state index is -1.03. The van der Waals surface area contributed by atoms with Crippen molar-refractivity contribution in [3.63, 3.8) is 0 Å². The Hall–Kier alpha value is -2.17. The Bertz CT molecular complexity index is 902. The molecule has 23 heavy (non-hydrogen) atoms. The monoisotopic (exact) mass is 348 g/mol. The summed E-state index contributed by atoms with van der Waals surface area (Å²) in [5.41, 5.74) is 2.14. The molecule has 0 aliphatic heterocycles. The second kappa shape index (κ2) is 5.80. The number of anilines is 1. The van der Waals surface area contributed by atoms with Crippen LogP contribution >= 0.6 is 23.2 Å². The third kappa shape index (κ3) is 2.44. The average Bonchev–Trinajstić information content (AvgIpc) is 2.88. The summed E-state index contributed by atoms with van der Waals surface area (Å²) >= 11 is 12.5. The van der Waals surface area contributed by atoms with Crippen molar-refractivity contribution in [3.05, 3.63) is 58.2 Å².